The number of hydrogen-bond donors (Lipinski definition) is 3. The maximum absolute atomic E-state index is 12.5. The Morgan fingerprint density at radius 1 is 0.429 bits per heavy atom. The van der Waals surface area contributed by atoms with Gasteiger partial charge in [0.25, 0.3) is 0 Å². The Balaban J connectivity index is 3.46. The van der Waals surface area contributed by atoms with Gasteiger partial charge in [0.1, 0.15) is 0 Å². The molecule has 0 bridgehead atoms. The number of ether oxygens (including phenoxy) is 1. The van der Waals surface area contributed by atoms with Crippen molar-refractivity contribution in [1.29, 1.82) is 0 Å². The predicted molar refractivity (Wildman–Crippen MR) is 273 cm³/mol. The normalized spacial score (nSPS) is 12.6. The number of amides is 1. The molecule has 2 atom stereocenters. The molecule has 0 rings (SSSR count). The summed E-state index contributed by atoms with van der Waals surface area (Å²) in [7, 11) is 0. The van der Waals surface area contributed by atoms with Gasteiger partial charge in [-0.15, -0.1) is 0 Å². The average Bonchev–Trinajstić information content (AvgIpc) is 3.28. The Hall–Kier alpha value is -1.40. The van der Waals surface area contributed by atoms with Gasteiger partial charge in [0.15, 0.2) is 0 Å². The number of unbranched alkanes of at least 4 members (excludes halogenated alkanes) is 40. The fraction of sp³-hybridized carbons (Fsp3) is 0.930. The molecular weight excluding hydrogens is 779 g/mol. The Labute approximate surface area is 393 Å². The number of nitrogens with one attached hydrogen (secondary N) is 1. The lowest BCUT2D eigenvalue weighted by atomic mass is 10.0. The summed E-state index contributed by atoms with van der Waals surface area (Å²) in [4.78, 5) is 24.5. The number of aliphatic hydroxyl groups excluding tert-OH is 2. The van der Waals surface area contributed by atoms with Crippen molar-refractivity contribution in [3.63, 3.8) is 0 Å². The van der Waals surface area contributed by atoms with E-state index in [0.717, 1.165) is 57.8 Å². The van der Waals surface area contributed by atoms with E-state index in [1.807, 2.05) is 0 Å². The van der Waals surface area contributed by atoms with Crippen LogP contribution in [0.2, 0.25) is 0 Å². The minimum atomic E-state index is -0.677. The van der Waals surface area contributed by atoms with Crippen LogP contribution in [0.5, 0.6) is 0 Å². The van der Waals surface area contributed by atoms with E-state index in [0.29, 0.717) is 25.9 Å². The molecule has 6 heteroatoms. The summed E-state index contributed by atoms with van der Waals surface area (Å²) < 4.78 is 5.45. The number of allylic oxidation sites excluding steroid dienone is 2. The zero-order chi connectivity index (χ0) is 45.8. The van der Waals surface area contributed by atoms with Crippen LogP contribution >= 0.6 is 0 Å². The molecule has 1 amide bonds. The Morgan fingerprint density at radius 2 is 0.746 bits per heavy atom. The first kappa shape index (κ1) is 61.6. The molecule has 0 saturated heterocycles. The first-order chi connectivity index (χ1) is 31.0. The largest absolute Gasteiger partial charge is 0.466 e. The van der Waals surface area contributed by atoms with Crippen molar-refractivity contribution in [3.8, 4) is 0 Å². The van der Waals surface area contributed by atoms with Crippen LogP contribution in [0.15, 0.2) is 12.2 Å². The molecular formula is C57H111NO5. The fourth-order valence-corrected chi connectivity index (χ4v) is 8.93. The summed E-state index contributed by atoms with van der Waals surface area (Å²) in [5.74, 6) is -0.0728. The summed E-state index contributed by atoms with van der Waals surface area (Å²) in [5.41, 5.74) is 0. The number of carbonyl (C=O) groups excluding carboxylic acids is 2. The molecule has 0 aliphatic rings. The molecule has 0 aromatic carbocycles. The van der Waals surface area contributed by atoms with Gasteiger partial charge in [-0.05, 0) is 51.4 Å². The number of aliphatic hydroxyl groups is 2. The summed E-state index contributed by atoms with van der Waals surface area (Å²) in [5, 5.41) is 23.3. The van der Waals surface area contributed by atoms with Crippen molar-refractivity contribution >= 4 is 11.9 Å². The van der Waals surface area contributed by atoms with Crippen LogP contribution in [0, 0.1) is 0 Å². The molecule has 0 fully saturated rings. The highest BCUT2D eigenvalue weighted by molar-refractivity contribution is 5.76. The monoisotopic (exact) mass is 890 g/mol. The minimum absolute atomic E-state index is 0.0218. The maximum Gasteiger partial charge on any atom is 0.305 e. The Bertz CT molecular complexity index is 939. The van der Waals surface area contributed by atoms with Gasteiger partial charge in [-0.25, -0.2) is 0 Å². The van der Waals surface area contributed by atoms with Gasteiger partial charge in [-0.3, -0.25) is 9.59 Å². The van der Waals surface area contributed by atoms with Crippen molar-refractivity contribution in [2.24, 2.45) is 0 Å². The van der Waals surface area contributed by atoms with Gasteiger partial charge in [-0.1, -0.05) is 264 Å². The first-order valence-corrected chi connectivity index (χ1v) is 28.4. The van der Waals surface area contributed by atoms with E-state index in [-0.39, 0.29) is 18.5 Å². The molecule has 0 saturated carbocycles. The standard InChI is InChI=1S/C57H111NO5/c1-3-5-7-9-11-13-15-17-18-19-20-21-22-23-24-25-27-29-33-37-41-45-49-55(60)54(53-59)58-56(61)50-46-42-38-34-30-28-32-36-40-44-48-52-63-57(62)51-47-43-39-35-31-26-16-14-12-10-8-6-4-2/h14,16,54-55,59-60H,3-13,15,17-53H2,1-2H3,(H,58,61)/b16-14-. The number of carbonyl (C=O) groups is 2. The Morgan fingerprint density at radius 3 is 1.14 bits per heavy atom. The fourth-order valence-electron chi connectivity index (χ4n) is 8.93. The van der Waals surface area contributed by atoms with E-state index in [4.69, 9.17) is 4.74 Å². The number of hydrogen-bond acceptors (Lipinski definition) is 5. The zero-order valence-electron chi connectivity index (χ0n) is 42.6. The van der Waals surface area contributed by atoms with Gasteiger partial charge in [0.2, 0.25) is 5.91 Å². The second-order valence-corrected chi connectivity index (χ2v) is 19.6. The SMILES string of the molecule is CCCCCC/C=C\CCCCCCCC(=O)OCCCCCCCCCCCCCC(=O)NC(CO)C(O)CCCCCCCCCCCCCCCCCCCCCCCC. The van der Waals surface area contributed by atoms with Crippen LogP contribution < -0.4 is 5.32 Å². The highest BCUT2D eigenvalue weighted by Gasteiger charge is 2.20. The van der Waals surface area contributed by atoms with Gasteiger partial charge in [0, 0.05) is 12.8 Å². The summed E-state index contributed by atoms with van der Waals surface area (Å²) in [6, 6.07) is -0.556. The third kappa shape index (κ3) is 49.9. The van der Waals surface area contributed by atoms with Gasteiger partial charge >= 0.3 is 5.97 Å². The lowest BCUT2D eigenvalue weighted by Crippen LogP contribution is -2.45. The maximum atomic E-state index is 12.5. The summed E-state index contributed by atoms with van der Waals surface area (Å²) in [6.45, 7) is 4.91. The zero-order valence-corrected chi connectivity index (χ0v) is 42.6. The second kappa shape index (κ2) is 53.2. The van der Waals surface area contributed by atoms with Crippen molar-refractivity contribution < 1.29 is 24.5 Å². The van der Waals surface area contributed by atoms with Gasteiger partial charge < -0.3 is 20.3 Å². The molecule has 3 N–H and O–H groups in total. The van der Waals surface area contributed by atoms with Crippen molar-refractivity contribution in [2.75, 3.05) is 13.2 Å². The topological polar surface area (TPSA) is 95.9 Å². The molecule has 0 heterocycles. The first-order valence-electron chi connectivity index (χ1n) is 28.4. The number of esters is 1. The second-order valence-electron chi connectivity index (χ2n) is 19.6. The van der Waals surface area contributed by atoms with Crippen LogP contribution in [-0.2, 0) is 14.3 Å². The quantitative estimate of drug-likeness (QED) is 0.0321. The number of rotatable bonds is 53. The smallest absolute Gasteiger partial charge is 0.305 e. The summed E-state index contributed by atoms with van der Waals surface area (Å²) >= 11 is 0. The molecule has 0 aliphatic heterocycles. The van der Waals surface area contributed by atoms with Crippen molar-refractivity contribution in [1.82, 2.24) is 5.32 Å². The van der Waals surface area contributed by atoms with E-state index in [1.54, 1.807) is 0 Å². The molecule has 63 heavy (non-hydrogen) atoms. The molecule has 0 aromatic rings. The lowest BCUT2D eigenvalue weighted by Gasteiger charge is -2.22. The average molecular weight is 891 g/mol. The molecule has 0 spiro atoms. The molecule has 0 radical (unpaired) electrons. The van der Waals surface area contributed by atoms with E-state index >= 15 is 0 Å². The minimum Gasteiger partial charge on any atom is -0.466 e. The third-order valence-electron chi connectivity index (χ3n) is 13.3. The highest BCUT2D eigenvalue weighted by atomic mass is 16.5. The molecule has 0 aromatic heterocycles. The predicted octanol–water partition coefficient (Wildman–Crippen LogP) is 17.3. The Kier molecular flexibility index (Phi) is 52.0. The van der Waals surface area contributed by atoms with Crippen LogP contribution in [0.1, 0.15) is 316 Å². The third-order valence-corrected chi connectivity index (χ3v) is 13.3. The molecule has 2 unspecified atom stereocenters. The van der Waals surface area contributed by atoms with E-state index < -0.39 is 12.1 Å². The molecule has 6 nitrogen and oxygen atoms in total. The van der Waals surface area contributed by atoms with E-state index in [1.165, 1.54) is 225 Å². The van der Waals surface area contributed by atoms with Crippen molar-refractivity contribution in [2.45, 2.75) is 328 Å². The lowest BCUT2D eigenvalue weighted by molar-refractivity contribution is -0.143. The van der Waals surface area contributed by atoms with Crippen LogP contribution in [0.4, 0.5) is 0 Å². The molecule has 374 valence electrons. The van der Waals surface area contributed by atoms with Crippen LogP contribution in [-0.4, -0.2) is 47.4 Å². The molecule has 0 aliphatic carbocycles. The van der Waals surface area contributed by atoms with E-state index in [2.05, 4.69) is 31.3 Å². The van der Waals surface area contributed by atoms with Crippen LogP contribution in [0.25, 0.3) is 0 Å². The summed E-state index contributed by atoms with van der Waals surface area (Å²) in [6.07, 6.45) is 61.9. The van der Waals surface area contributed by atoms with Crippen molar-refractivity contribution in [3.05, 3.63) is 12.2 Å². The van der Waals surface area contributed by atoms with Crippen LogP contribution in [0.3, 0.4) is 0 Å². The highest BCUT2D eigenvalue weighted by Crippen LogP contribution is 2.17. The van der Waals surface area contributed by atoms with Gasteiger partial charge in [-0.2, -0.15) is 0 Å². The van der Waals surface area contributed by atoms with Gasteiger partial charge in [0.05, 0.1) is 25.4 Å². The van der Waals surface area contributed by atoms with E-state index in [9.17, 15) is 19.8 Å².